The Labute approximate surface area is 125 Å². The van der Waals surface area contributed by atoms with Crippen molar-refractivity contribution in [2.75, 3.05) is 31.5 Å². The van der Waals surface area contributed by atoms with Crippen LogP contribution in [0.1, 0.15) is 12.8 Å². The molecule has 0 amide bonds. The third-order valence-corrected chi connectivity index (χ3v) is 3.55. The first-order chi connectivity index (χ1) is 10.3. The SMILES string of the molecule is O=[N+]([O-])c1cccnc1NCC1CCCN(CC(F)(F)F)C1. The second kappa shape index (κ2) is 6.91. The van der Waals surface area contributed by atoms with Gasteiger partial charge >= 0.3 is 11.9 Å². The Morgan fingerprint density at radius 3 is 2.95 bits per heavy atom. The van der Waals surface area contributed by atoms with E-state index in [2.05, 4.69) is 10.3 Å². The number of aromatic nitrogens is 1. The van der Waals surface area contributed by atoms with E-state index < -0.39 is 17.6 Å². The predicted molar refractivity (Wildman–Crippen MR) is 74.6 cm³/mol. The topological polar surface area (TPSA) is 71.3 Å². The van der Waals surface area contributed by atoms with E-state index in [0.717, 1.165) is 6.42 Å². The van der Waals surface area contributed by atoms with Gasteiger partial charge in [-0.15, -0.1) is 0 Å². The van der Waals surface area contributed by atoms with Crippen LogP contribution < -0.4 is 5.32 Å². The number of alkyl halides is 3. The van der Waals surface area contributed by atoms with Gasteiger partial charge in [-0.3, -0.25) is 15.0 Å². The summed E-state index contributed by atoms with van der Waals surface area (Å²) in [7, 11) is 0. The molecule has 2 rings (SSSR count). The van der Waals surface area contributed by atoms with E-state index in [4.69, 9.17) is 0 Å². The quantitative estimate of drug-likeness (QED) is 0.667. The minimum atomic E-state index is -4.20. The van der Waals surface area contributed by atoms with Crippen LogP contribution >= 0.6 is 0 Å². The van der Waals surface area contributed by atoms with Crippen molar-refractivity contribution >= 4 is 11.5 Å². The van der Waals surface area contributed by atoms with Crippen molar-refractivity contribution in [3.8, 4) is 0 Å². The summed E-state index contributed by atoms with van der Waals surface area (Å²) in [6.45, 7) is 0.215. The zero-order valence-corrected chi connectivity index (χ0v) is 11.8. The van der Waals surface area contributed by atoms with Gasteiger partial charge in [-0.25, -0.2) is 4.98 Å². The smallest absolute Gasteiger partial charge is 0.364 e. The summed E-state index contributed by atoms with van der Waals surface area (Å²) >= 11 is 0. The first-order valence-electron chi connectivity index (χ1n) is 6.97. The van der Waals surface area contributed by atoms with E-state index in [9.17, 15) is 23.3 Å². The Balaban J connectivity index is 1.90. The highest BCUT2D eigenvalue weighted by molar-refractivity contribution is 5.55. The maximum Gasteiger partial charge on any atom is 0.401 e. The van der Waals surface area contributed by atoms with Crippen LogP contribution in [0.15, 0.2) is 18.3 Å². The molecule has 2 heterocycles. The number of hydrogen-bond acceptors (Lipinski definition) is 5. The Morgan fingerprint density at radius 1 is 1.50 bits per heavy atom. The molecule has 0 radical (unpaired) electrons. The van der Waals surface area contributed by atoms with Gasteiger partial charge in [0, 0.05) is 25.4 Å². The minimum Gasteiger partial charge on any atom is -0.364 e. The van der Waals surface area contributed by atoms with Gasteiger partial charge in [-0.05, 0) is 31.4 Å². The van der Waals surface area contributed by atoms with E-state index in [1.807, 2.05) is 0 Å². The summed E-state index contributed by atoms with van der Waals surface area (Å²) in [6.07, 6.45) is -1.28. The van der Waals surface area contributed by atoms with Crippen LogP contribution in [0.5, 0.6) is 0 Å². The Hall–Kier alpha value is -1.90. The van der Waals surface area contributed by atoms with Crippen LogP contribution in [0.2, 0.25) is 0 Å². The highest BCUT2D eigenvalue weighted by atomic mass is 19.4. The fourth-order valence-corrected chi connectivity index (χ4v) is 2.64. The molecule has 1 aliphatic heterocycles. The monoisotopic (exact) mass is 318 g/mol. The summed E-state index contributed by atoms with van der Waals surface area (Å²) in [4.78, 5) is 15.6. The van der Waals surface area contributed by atoms with E-state index in [1.165, 1.54) is 23.2 Å². The Kier molecular flexibility index (Phi) is 5.17. The molecule has 0 spiro atoms. The summed E-state index contributed by atoms with van der Waals surface area (Å²) < 4.78 is 37.3. The number of rotatable bonds is 5. The fraction of sp³-hybridized carbons (Fsp3) is 0.615. The van der Waals surface area contributed by atoms with Gasteiger partial charge in [0.05, 0.1) is 11.5 Å². The van der Waals surface area contributed by atoms with Crippen LogP contribution in [0.25, 0.3) is 0 Å². The maximum absolute atomic E-state index is 12.4. The molecular weight excluding hydrogens is 301 g/mol. The van der Waals surface area contributed by atoms with Crippen molar-refractivity contribution in [3.63, 3.8) is 0 Å². The third-order valence-electron chi connectivity index (χ3n) is 3.55. The van der Waals surface area contributed by atoms with Gasteiger partial charge in [-0.2, -0.15) is 13.2 Å². The van der Waals surface area contributed by atoms with Gasteiger partial charge in [0.1, 0.15) is 0 Å². The number of nitro groups is 1. The lowest BCUT2D eigenvalue weighted by Crippen LogP contribution is -2.42. The van der Waals surface area contributed by atoms with Crippen molar-refractivity contribution in [1.29, 1.82) is 0 Å². The lowest BCUT2D eigenvalue weighted by molar-refractivity contribution is -0.384. The van der Waals surface area contributed by atoms with Crippen LogP contribution in [-0.2, 0) is 0 Å². The molecule has 1 unspecified atom stereocenters. The standard InChI is InChI=1S/C13H17F3N4O2/c14-13(15,16)9-19-6-2-3-10(8-19)7-18-12-11(20(21)22)4-1-5-17-12/h1,4-5,10H,2-3,6-9H2,(H,17,18). The molecular formula is C13H17F3N4O2. The summed E-state index contributed by atoms with van der Waals surface area (Å²) in [5.41, 5.74) is -0.134. The van der Waals surface area contributed by atoms with Crippen LogP contribution in [-0.4, -0.2) is 47.2 Å². The van der Waals surface area contributed by atoms with Gasteiger partial charge in [0.2, 0.25) is 5.82 Å². The maximum atomic E-state index is 12.4. The number of halogens is 3. The van der Waals surface area contributed by atoms with Crippen LogP contribution in [0.3, 0.4) is 0 Å². The number of piperidine rings is 1. The molecule has 0 saturated carbocycles. The number of anilines is 1. The van der Waals surface area contributed by atoms with Crippen molar-refractivity contribution < 1.29 is 18.1 Å². The first kappa shape index (κ1) is 16.5. The van der Waals surface area contributed by atoms with E-state index in [0.29, 0.717) is 26.1 Å². The average molecular weight is 318 g/mol. The molecule has 0 aliphatic carbocycles. The predicted octanol–water partition coefficient (Wildman–Crippen LogP) is 2.68. The molecule has 122 valence electrons. The van der Waals surface area contributed by atoms with E-state index >= 15 is 0 Å². The van der Waals surface area contributed by atoms with Gasteiger partial charge in [0.15, 0.2) is 0 Å². The highest BCUT2D eigenvalue weighted by Gasteiger charge is 2.33. The molecule has 1 saturated heterocycles. The van der Waals surface area contributed by atoms with Crippen molar-refractivity contribution in [3.05, 3.63) is 28.4 Å². The number of hydrogen-bond donors (Lipinski definition) is 1. The Morgan fingerprint density at radius 2 is 2.27 bits per heavy atom. The molecule has 6 nitrogen and oxygen atoms in total. The fourth-order valence-electron chi connectivity index (χ4n) is 2.64. The molecule has 22 heavy (non-hydrogen) atoms. The number of likely N-dealkylation sites (tertiary alicyclic amines) is 1. The number of nitrogens with one attached hydrogen (secondary N) is 1. The lowest BCUT2D eigenvalue weighted by atomic mass is 9.98. The van der Waals surface area contributed by atoms with Crippen molar-refractivity contribution in [1.82, 2.24) is 9.88 Å². The first-order valence-corrected chi connectivity index (χ1v) is 6.97. The molecule has 1 N–H and O–H groups in total. The molecule has 1 aromatic rings. The molecule has 0 aromatic carbocycles. The second-order valence-corrected chi connectivity index (χ2v) is 5.37. The van der Waals surface area contributed by atoms with Gasteiger partial charge in [0.25, 0.3) is 0 Å². The second-order valence-electron chi connectivity index (χ2n) is 5.37. The van der Waals surface area contributed by atoms with E-state index in [-0.39, 0.29) is 17.4 Å². The molecule has 1 aliphatic rings. The third kappa shape index (κ3) is 4.83. The zero-order valence-electron chi connectivity index (χ0n) is 11.8. The summed E-state index contributed by atoms with van der Waals surface area (Å²) in [5, 5.41) is 13.8. The normalized spacial score (nSPS) is 19.9. The largest absolute Gasteiger partial charge is 0.401 e. The lowest BCUT2D eigenvalue weighted by Gasteiger charge is -2.33. The highest BCUT2D eigenvalue weighted by Crippen LogP contribution is 2.24. The molecule has 1 aromatic heterocycles. The van der Waals surface area contributed by atoms with Gasteiger partial charge in [-0.1, -0.05) is 0 Å². The van der Waals surface area contributed by atoms with Crippen molar-refractivity contribution in [2.45, 2.75) is 19.0 Å². The number of nitrogens with zero attached hydrogens (tertiary/aromatic N) is 3. The molecule has 1 fully saturated rings. The summed E-state index contributed by atoms with van der Waals surface area (Å²) in [6, 6.07) is 2.81. The van der Waals surface area contributed by atoms with E-state index in [1.54, 1.807) is 0 Å². The van der Waals surface area contributed by atoms with Gasteiger partial charge < -0.3 is 5.32 Å². The van der Waals surface area contributed by atoms with Crippen LogP contribution in [0, 0.1) is 16.0 Å². The summed E-state index contributed by atoms with van der Waals surface area (Å²) in [5.74, 6) is 0.165. The molecule has 0 bridgehead atoms. The molecule has 9 heteroatoms. The Bertz CT molecular complexity index is 524. The number of pyridine rings is 1. The average Bonchev–Trinajstić information content (AvgIpc) is 2.44. The molecule has 1 atom stereocenters. The minimum absolute atomic E-state index is 0.0118. The zero-order chi connectivity index (χ0) is 16.2. The van der Waals surface area contributed by atoms with Crippen LogP contribution in [0.4, 0.5) is 24.7 Å². The van der Waals surface area contributed by atoms with Crippen molar-refractivity contribution in [2.24, 2.45) is 5.92 Å².